The predicted octanol–water partition coefficient (Wildman–Crippen LogP) is 4.26. The maximum Gasteiger partial charge on any atom is 0.358 e. The fraction of sp³-hybridized carbons (Fsp3) is 0.158. The van der Waals surface area contributed by atoms with Gasteiger partial charge in [-0.05, 0) is 35.7 Å². The molecule has 0 spiro atoms. The number of carbonyl (C=O) groups excluding carboxylic acids is 3. The molecule has 1 aromatic carbocycles. The lowest BCUT2D eigenvalue weighted by Crippen LogP contribution is -2.15. The molecule has 27 heavy (non-hydrogen) atoms. The van der Waals surface area contributed by atoms with E-state index in [1.807, 2.05) is 17.5 Å². The number of thiophene rings is 1. The number of Topliss-reactive ketones (excluding diaryl/α,β-unsaturated/α-hetero) is 1. The summed E-state index contributed by atoms with van der Waals surface area (Å²) in [6.45, 7) is 1.39. The highest BCUT2D eigenvalue weighted by Crippen LogP contribution is 2.27. The summed E-state index contributed by atoms with van der Waals surface area (Å²) in [6.07, 6.45) is 0.376. The second-order valence-electron chi connectivity index (χ2n) is 5.49. The predicted molar refractivity (Wildman–Crippen MR) is 105 cm³/mol. The summed E-state index contributed by atoms with van der Waals surface area (Å²) in [4.78, 5) is 40.9. The average molecular weight is 400 g/mol. The lowest BCUT2D eigenvalue weighted by Gasteiger charge is -2.05. The summed E-state index contributed by atoms with van der Waals surface area (Å²) < 4.78 is 5.08. The van der Waals surface area contributed by atoms with E-state index in [-0.39, 0.29) is 24.0 Å². The van der Waals surface area contributed by atoms with Crippen LogP contribution in [0.1, 0.15) is 34.2 Å². The number of anilines is 1. The Kier molecular flexibility index (Phi) is 6.10. The molecule has 0 aliphatic heterocycles. The molecule has 3 rings (SSSR count). The number of nitrogens with zero attached hydrogens (tertiary/aromatic N) is 1. The number of ether oxygens (including phenoxy) is 1. The minimum atomic E-state index is -0.630. The molecular weight excluding hydrogens is 384 g/mol. The first-order valence-electron chi connectivity index (χ1n) is 8.16. The van der Waals surface area contributed by atoms with E-state index in [2.05, 4.69) is 10.3 Å². The van der Waals surface area contributed by atoms with Gasteiger partial charge in [0.15, 0.2) is 18.1 Å². The molecule has 3 aromatic rings. The number of amides is 1. The van der Waals surface area contributed by atoms with Gasteiger partial charge in [0.05, 0.1) is 4.88 Å². The molecule has 6 nitrogen and oxygen atoms in total. The number of carbonyl (C=O) groups is 3. The van der Waals surface area contributed by atoms with E-state index in [0.29, 0.717) is 17.7 Å². The van der Waals surface area contributed by atoms with E-state index in [1.54, 1.807) is 36.6 Å². The zero-order chi connectivity index (χ0) is 19.2. The topological polar surface area (TPSA) is 85.4 Å². The van der Waals surface area contributed by atoms with E-state index < -0.39 is 5.97 Å². The van der Waals surface area contributed by atoms with Crippen molar-refractivity contribution in [3.05, 3.63) is 58.4 Å². The second kappa shape index (κ2) is 8.70. The van der Waals surface area contributed by atoms with Crippen LogP contribution in [-0.2, 0) is 9.53 Å². The van der Waals surface area contributed by atoms with Crippen molar-refractivity contribution in [1.82, 2.24) is 4.98 Å². The van der Waals surface area contributed by atoms with Crippen molar-refractivity contribution in [2.45, 2.75) is 13.3 Å². The normalized spacial score (nSPS) is 10.4. The van der Waals surface area contributed by atoms with Gasteiger partial charge in [0.2, 0.25) is 5.91 Å². The third-order valence-electron chi connectivity index (χ3n) is 3.59. The summed E-state index contributed by atoms with van der Waals surface area (Å²) in [7, 11) is 0. The third kappa shape index (κ3) is 4.87. The Morgan fingerprint density at radius 1 is 1.11 bits per heavy atom. The highest BCUT2D eigenvalue weighted by atomic mass is 32.1. The SMILES string of the molecule is CCC(=O)Nc1ccc(C(=O)COC(=O)c2csc(-c3cccs3)n2)cc1. The van der Waals surface area contributed by atoms with Crippen LogP contribution in [0.4, 0.5) is 5.69 Å². The number of thiazole rings is 1. The van der Waals surface area contributed by atoms with Crippen LogP contribution >= 0.6 is 22.7 Å². The Bertz CT molecular complexity index is 947. The van der Waals surface area contributed by atoms with Crippen LogP contribution in [0.2, 0.25) is 0 Å². The molecule has 1 N–H and O–H groups in total. The fourth-order valence-corrected chi connectivity index (χ4v) is 3.76. The molecule has 0 aliphatic carbocycles. The molecular formula is C19H16N2O4S2. The minimum Gasteiger partial charge on any atom is -0.453 e. The number of nitrogens with one attached hydrogen (secondary N) is 1. The quantitative estimate of drug-likeness (QED) is 0.473. The Morgan fingerprint density at radius 2 is 1.89 bits per heavy atom. The Labute approximate surface area is 163 Å². The van der Waals surface area contributed by atoms with Gasteiger partial charge in [0, 0.05) is 23.1 Å². The summed E-state index contributed by atoms with van der Waals surface area (Å²) in [5, 5.41) is 7.00. The van der Waals surface area contributed by atoms with Crippen LogP contribution in [0.15, 0.2) is 47.2 Å². The van der Waals surface area contributed by atoms with Gasteiger partial charge in [-0.25, -0.2) is 9.78 Å². The van der Waals surface area contributed by atoms with E-state index in [0.717, 1.165) is 9.88 Å². The molecule has 138 valence electrons. The molecule has 2 aromatic heterocycles. The molecule has 0 unspecified atom stereocenters. The van der Waals surface area contributed by atoms with Crippen LogP contribution in [0, 0.1) is 0 Å². The van der Waals surface area contributed by atoms with Gasteiger partial charge >= 0.3 is 5.97 Å². The molecule has 2 heterocycles. The molecule has 0 atom stereocenters. The smallest absolute Gasteiger partial charge is 0.358 e. The number of ketones is 1. The number of benzene rings is 1. The van der Waals surface area contributed by atoms with Crippen LogP contribution < -0.4 is 5.32 Å². The Balaban J connectivity index is 1.55. The largest absolute Gasteiger partial charge is 0.453 e. The first kappa shape index (κ1) is 18.9. The van der Waals surface area contributed by atoms with Crippen LogP contribution in [0.3, 0.4) is 0 Å². The summed E-state index contributed by atoms with van der Waals surface area (Å²) in [6, 6.07) is 10.3. The molecule has 0 saturated carbocycles. The Hall–Kier alpha value is -2.84. The van der Waals surface area contributed by atoms with Gasteiger partial charge < -0.3 is 10.1 Å². The zero-order valence-corrected chi connectivity index (χ0v) is 16.1. The van der Waals surface area contributed by atoms with Gasteiger partial charge in [-0.2, -0.15) is 0 Å². The summed E-state index contributed by atoms with van der Waals surface area (Å²) in [5.41, 5.74) is 1.20. The molecule has 0 radical (unpaired) electrons. The lowest BCUT2D eigenvalue weighted by molar-refractivity contribution is -0.115. The van der Waals surface area contributed by atoms with Crippen molar-refractivity contribution in [2.75, 3.05) is 11.9 Å². The molecule has 0 saturated heterocycles. The maximum absolute atomic E-state index is 12.2. The van der Waals surface area contributed by atoms with Crippen molar-refractivity contribution in [3.8, 4) is 9.88 Å². The first-order valence-corrected chi connectivity index (χ1v) is 9.92. The van der Waals surface area contributed by atoms with Gasteiger partial charge in [0.25, 0.3) is 0 Å². The van der Waals surface area contributed by atoms with Crippen LogP contribution in [0.25, 0.3) is 9.88 Å². The van der Waals surface area contributed by atoms with E-state index in [9.17, 15) is 14.4 Å². The summed E-state index contributed by atoms with van der Waals surface area (Å²) in [5.74, 6) is -1.06. The number of esters is 1. The average Bonchev–Trinajstić information content (AvgIpc) is 3.37. The van der Waals surface area contributed by atoms with Gasteiger partial charge in [-0.3, -0.25) is 9.59 Å². The van der Waals surface area contributed by atoms with E-state index in [4.69, 9.17) is 4.74 Å². The van der Waals surface area contributed by atoms with Crippen molar-refractivity contribution < 1.29 is 19.1 Å². The monoisotopic (exact) mass is 400 g/mol. The Morgan fingerprint density at radius 3 is 2.56 bits per heavy atom. The molecule has 0 fully saturated rings. The van der Waals surface area contributed by atoms with Crippen molar-refractivity contribution in [1.29, 1.82) is 0 Å². The van der Waals surface area contributed by atoms with Crippen molar-refractivity contribution in [2.24, 2.45) is 0 Å². The highest BCUT2D eigenvalue weighted by Gasteiger charge is 2.16. The number of rotatable bonds is 7. The van der Waals surface area contributed by atoms with Gasteiger partial charge in [-0.15, -0.1) is 22.7 Å². The van der Waals surface area contributed by atoms with Gasteiger partial charge in [-0.1, -0.05) is 13.0 Å². The molecule has 8 heteroatoms. The second-order valence-corrected chi connectivity index (χ2v) is 7.30. The minimum absolute atomic E-state index is 0.104. The number of hydrogen-bond acceptors (Lipinski definition) is 7. The third-order valence-corrected chi connectivity index (χ3v) is 5.47. The van der Waals surface area contributed by atoms with Crippen molar-refractivity contribution >= 4 is 46.0 Å². The number of aromatic nitrogens is 1. The van der Waals surface area contributed by atoms with Crippen LogP contribution in [-0.4, -0.2) is 29.3 Å². The summed E-state index contributed by atoms with van der Waals surface area (Å²) >= 11 is 2.89. The maximum atomic E-state index is 12.2. The molecule has 0 bridgehead atoms. The molecule has 1 amide bonds. The fourth-order valence-electron chi connectivity index (χ4n) is 2.16. The van der Waals surface area contributed by atoms with E-state index >= 15 is 0 Å². The van der Waals surface area contributed by atoms with Gasteiger partial charge in [0.1, 0.15) is 5.01 Å². The highest BCUT2D eigenvalue weighted by molar-refractivity contribution is 7.20. The first-order chi connectivity index (χ1) is 13.1. The standard InChI is InChI=1S/C19H16N2O4S2/c1-2-17(23)20-13-7-5-12(6-8-13)15(22)10-25-19(24)14-11-27-18(21-14)16-4-3-9-26-16/h3-9,11H,2,10H2,1H3,(H,20,23). The van der Waals surface area contributed by atoms with E-state index in [1.165, 1.54) is 22.7 Å². The van der Waals surface area contributed by atoms with Crippen LogP contribution in [0.5, 0.6) is 0 Å². The number of hydrogen-bond donors (Lipinski definition) is 1. The molecule has 0 aliphatic rings. The lowest BCUT2D eigenvalue weighted by atomic mass is 10.1. The van der Waals surface area contributed by atoms with Crippen molar-refractivity contribution in [3.63, 3.8) is 0 Å². The zero-order valence-electron chi connectivity index (χ0n) is 14.4.